The number of nitrogens with one attached hydrogen (secondary N) is 2. The molecular formula is C18H26FN3O. The fraction of sp³-hybridized carbons (Fsp3) is 0.556. The maximum absolute atomic E-state index is 14.4. The average Bonchev–Trinajstić information content (AvgIpc) is 2.83. The molecule has 1 atom stereocenters. The number of anilines is 1. The van der Waals surface area contributed by atoms with Crippen molar-refractivity contribution in [3.63, 3.8) is 0 Å². The first kappa shape index (κ1) is 16.3. The van der Waals surface area contributed by atoms with Crippen LogP contribution in [-0.2, 0) is 11.3 Å². The number of methoxy groups -OCH3 is 1. The van der Waals surface area contributed by atoms with E-state index in [-0.39, 0.29) is 5.82 Å². The first-order chi connectivity index (χ1) is 11.2. The molecule has 0 amide bonds. The van der Waals surface area contributed by atoms with Crippen LogP contribution in [0.25, 0.3) is 10.9 Å². The van der Waals surface area contributed by atoms with Crippen molar-refractivity contribution < 1.29 is 9.13 Å². The third-order valence-electron chi connectivity index (χ3n) is 4.65. The molecule has 1 aromatic heterocycles. The minimum atomic E-state index is -0.155. The number of halogens is 1. The molecule has 0 spiro atoms. The SMILES string of the molecule is COCCCn1c(NC2CCCNC2)c(C)c2cccc(F)c21. The van der Waals surface area contributed by atoms with Crippen LogP contribution < -0.4 is 10.6 Å². The van der Waals surface area contributed by atoms with E-state index in [2.05, 4.69) is 22.1 Å². The van der Waals surface area contributed by atoms with E-state index in [1.165, 1.54) is 6.42 Å². The zero-order chi connectivity index (χ0) is 16.2. The summed E-state index contributed by atoms with van der Waals surface area (Å²) in [5.41, 5.74) is 1.83. The van der Waals surface area contributed by atoms with Crippen molar-refractivity contribution in [1.29, 1.82) is 0 Å². The lowest BCUT2D eigenvalue weighted by atomic mass is 10.1. The molecule has 1 fully saturated rings. The molecule has 3 rings (SSSR count). The molecule has 0 aliphatic carbocycles. The van der Waals surface area contributed by atoms with Gasteiger partial charge in [0.2, 0.25) is 0 Å². The summed E-state index contributed by atoms with van der Waals surface area (Å²) in [4.78, 5) is 0. The predicted octanol–water partition coefficient (Wildman–Crippen LogP) is 3.29. The number of aryl methyl sites for hydroxylation is 2. The molecule has 126 valence electrons. The molecule has 2 heterocycles. The highest BCUT2D eigenvalue weighted by Crippen LogP contribution is 2.32. The Labute approximate surface area is 137 Å². The second kappa shape index (κ2) is 7.32. The molecule has 0 bridgehead atoms. The van der Waals surface area contributed by atoms with Crippen LogP contribution in [0.15, 0.2) is 18.2 Å². The lowest BCUT2D eigenvalue weighted by Crippen LogP contribution is -2.39. The Morgan fingerprint density at radius 2 is 2.30 bits per heavy atom. The topological polar surface area (TPSA) is 38.2 Å². The minimum Gasteiger partial charge on any atom is -0.385 e. The highest BCUT2D eigenvalue weighted by Gasteiger charge is 2.20. The monoisotopic (exact) mass is 319 g/mol. The van der Waals surface area contributed by atoms with Gasteiger partial charge in [-0.15, -0.1) is 0 Å². The Morgan fingerprint density at radius 3 is 3.04 bits per heavy atom. The van der Waals surface area contributed by atoms with Crippen molar-refractivity contribution in [2.45, 2.75) is 38.8 Å². The van der Waals surface area contributed by atoms with E-state index in [0.717, 1.165) is 49.2 Å². The molecule has 1 aliphatic rings. The molecule has 2 aromatic rings. The van der Waals surface area contributed by atoms with Crippen molar-refractivity contribution in [3.8, 4) is 0 Å². The van der Waals surface area contributed by atoms with Crippen LogP contribution in [0.1, 0.15) is 24.8 Å². The van der Waals surface area contributed by atoms with Gasteiger partial charge in [-0.1, -0.05) is 12.1 Å². The van der Waals surface area contributed by atoms with E-state index in [0.29, 0.717) is 18.2 Å². The summed E-state index contributed by atoms with van der Waals surface area (Å²) in [6.07, 6.45) is 3.19. The summed E-state index contributed by atoms with van der Waals surface area (Å²) in [6, 6.07) is 5.73. The van der Waals surface area contributed by atoms with Gasteiger partial charge in [0.1, 0.15) is 11.6 Å². The molecule has 1 saturated heterocycles. The quantitative estimate of drug-likeness (QED) is 0.803. The molecule has 0 saturated carbocycles. The normalized spacial score (nSPS) is 18.5. The second-order valence-electron chi connectivity index (χ2n) is 6.30. The number of hydrogen-bond donors (Lipinski definition) is 2. The van der Waals surface area contributed by atoms with Crippen LogP contribution in [0.2, 0.25) is 0 Å². The molecule has 1 aromatic carbocycles. The summed E-state index contributed by atoms with van der Waals surface area (Å²) in [6.45, 7) is 5.55. The van der Waals surface area contributed by atoms with Crippen molar-refractivity contribution in [2.75, 3.05) is 32.1 Å². The Balaban J connectivity index is 1.97. The fourth-order valence-corrected chi connectivity index (χ4v) is 3.48. The number of nitrogens with zero attached hydrogens (tertiary/aromatic N) is 1. The van der Waals surface area contributed by atoms with E-state index < -0.39 is 0 Å². The van der Waals surface area contributed by atoms with Gasteiger partial charge in [-0.2, -0.15) is 0 Å². The smallest absolute Gasteiger partial charge is 0.147 e. The van der Waals surface area contributed by atoms with Crippen molar-refractivity contribution >= 4 is 16.7 Å². The average molecular weight is 319 g/mol. The van der Waals surface area contributed by atoms with Gasteiger partial charge in [0.25, 0.3) is 0 Å². The largest absolute Gasteiger partial charge is 0.385 e. The lowest BCUT2D eigenvalue weighted by Gasteiger charge is -2.26. The highest BCUT2D eigenvalue weighted by molar-refractivity contribution is 5.90. The van der Waals surface area contributed by atoms with E-state index in [4.69, 9.17) is 4.74 Å². The summed E-state index contributed by atoms with van der Waals surface area (Å²) in [5, 5.41) is 8.07. The van der Waals surface area contributed by atoms with Crippen LogP contribution in [0, 0.1) is 12.7 Å². The third kappa shape index (κ3) is 3.35. The molecule has 4 nitrogen and oxygen atoms in total. The molecular weight excluding hydrogens is 293 g/mol. The van der Waals surface area contributed by atoms with Gasteiger partial charge in [-0.3, -0.25) is 0 Å². The molecule has 1 aliphatic heterocycles. The van der Waals surface area contributed by atoms with Crippen molar-refractivity contribution in [1.82, 2.24) is 9.88 Å². The summed E-state index contributed by atoms with van der Waals surface area (Å²) in [7, 11) is 1.70. The first-order valence-electron chi connectivity index (χ1n) is 8.46. The predicted molar refractivity (Wildman–Crippen MR) is 92.6 cm³/mol. The van der Waals surface area contributed by atoms with Crippen LogP contribution in [0.3, 0.4) is 0 Å². The van der Waals surface area contributed by atoms with Gasteiger partial charge >= 0.3 is 0 Å². The van der Waals surface area contributed by atoms with Crippen LogP contribution in [-0.4, -0.2) is 37.4 Å². The van der Waals surface area contributed by atoms with Crippen molar-refractivity contribution in [2.24, 2.45) is 0 Å². The first-order valence-corrected chi connectivity index (χ1v) is 8.46. The number of benzene rings is 1. The Kier molecular flexibility index (Phi) is 5.18. The molecule has 0 radical (unpaired) electrons. The highest BCUT2D eigenvalue weighted by atomic mass is 19.1. The Hall–Kier alpha value is -1.59. The van der Waals surface area contributed by atoms with E-state index in [9.17, 15) is 4.39 Å². The zero-order valence-electron chi connectivity index (χ0n) is 14.0. The third-order valence-corrected chi connectivity index (χ3v) is 4.65. The standard InChI is InChI=1S/C18H26FN3O/c1-13-15-7-3-8-16(19)17(15)22(10-5-11-23-2)18(13)21-14-6-4-9-20-12-14/h3,7-8,14,20-21H,4-6,9-12H2,1-2H3. The van der Waals surface area contributed by atoms with Gasteiger partial charge in [0, 0.05) is 38.2 Å². The number of ether oxygens (including phenoxy) is 1. The molecule has 5 heteroatoms. The second-order valence-corrected chi connectivity index (χ2v) is 6.30. The van der Waals surface area contributed by atoms with Gasteiger partial charge in [0.05, 0.1) is 5.52 Å². The lowest BCUT2D eigenvalue weighted by molar-refractivity contribution is 0.191. The summed E-state index contributed by atoms with van der Waals surface area (Å²) < 4.78 is 21.7. The number of aromatic nitrogens is 1. The van der Waals surface area contributed by atoms with Crippen LogP contribution in [0.5, 0.6) is 0 Å². The molecule has 2 N–H and O–H groups in total. The van der Waals surface area contributed by atoms with Gasteiger partial charge in [-0.05, 0) is 44.4 Å². The number of para-hydroxylation sites is 1. The van der Waals surface area contributed by atoms with E-state index in [1.807, 2.05) is 6.07 Å². The number of rotatable bonds is 6. The summed E-state index contributed by atoms with van der Waals surface area (Å²) >= 11 is 0. The number of fused-ring (bicyclic) bond motifs is 1. The Bertz CT molecular complexity index is 662. The molecule has 23 heavy (non-hydrogen) atoms. The van der Waals surface area contributed by atoms with Crippen LogP contribution >= 0.6 is 0 Å². The van der Waals surface area contributed by atoms with E-state index >= 15 is 0 Å². The number of piperidine rings is 1. The fourth-order valence-electron chi connectivity index (χ4n) is 3.48. The zero-order valence-corrected chi connectivity index (χ0v) is 14.0. The van der Waals surface area contributed by atoms with Crippen LogP contribution in [0.4, 0.5) is 10.2 Å². The summed E-state index contributed by atoms with van der Waals surface area (Å²) in [5.74, 6) is 0.896. The maximum Gasteiger partial charge on any atom is 0.147 e. The Morgan fingerprint density at radius 1 is 1.43 bits per heavy atom. The van der Waals surface area contributed by atoms with Gasteiger partial charge in [0.15, 0.2) is 0 Å². The van der Waals surface area contributed by atoms with E-state index in [1.54, 1.807) is 19.2 Å². The molecule has 1 unspecified atom stereocenters. The van der Waals surface area contributed by atoms with Crippen molar-refractivity contribution in [3.05, 3.63) is 29.6 Å². The van der Waals surface area contributed by atoms with Gasteiger partial charge in [-0.25, -0.2) is 4.39 Å². The maximum atomic E-state index is 14.4. The van der Waals surface area contributed by atoms with Gasteiger partial charge < -0.3 is 19.9 Å². The number of hydrogen-bond acceptors (Lipinski definition) is 3. The minimum absolute atomic E-state index is 0.155.